The first kappa shape index (κ1) is 18.4. The molecule has 114 valence electrons. The van der Waals surface area contributed by atoms with Crippen LogP contribution in [0.15, 0.2) is 0 Å². The number of nitrogens with one attached hydrogen (secondary N) is 1. The van der Waals surface area contributed by atoms with E-state index in [-0.39, 0.29) is 0 Å². The van der Waals surface area contributed by atoms with Gasteiger partial charge in [0.15, 0.2) is 0 Å². The molecule has 0 rings (SSSR count). The van der Waals surface area contributed by atoms with Gasteiger partial charge in [0.1, 0.15) is 5.54 Å². The molecule has 0 aliphatic heterocycles. The van der Waals surface area contributed by atoms with Gasteiger partial charge in [0.25, 0.3) is 0 Å². The van der Waals surface area contributed by atoms with E-state index in [2.05, 4.69) is 5.32 Å². The first-order chi connectivity index (χ1) is 9.06. The number of unbranched alkanes of at least 4 members (excludes halogenated alkanes) is 1. The largest absolute Gasteiger partial charge is 0.480 e. The number of hydrogen-bond acceptors (Lipinski definition) is 4. The number of rotatable bonds is 13. The maximum atomic E-state index is 11.3. The van der Waals surface area contributed by atoms with E-state index in [1.807, 2.05) is 13.8 Å². The zero-order valence-corrected chi connectivity index (χ0v) is 12.5. The van der Waals surface area contributed by atoms with Crippen molar-refractivity contribution in [2.24, 2.45) is 0 Å². The molecule has 0 bridgehead atoms. The number of carbonyl (C=O) groups is 1. The van der Waals surface area contributed by atoms with Crippen molar-refractivity contribution in [1.29, 1.82) is 0 Å². The highest BCUT2D eigenvalue weighted by Crippen LogP contribution is 2.14. The summed E-state index contributed by atoms with van der Waals surface area (Å²) in [5.74, 6) is -0.779. The number of carboxylic acids is 1. The predicted octanol–water partition coefficient (Wildman–Crippen LogP) is 2.05. The summed E-state index contributed by atoms with van der Waals surface area (Å²) in [4.78, 5) is 11.3. The van der Waals surface area contributed by atoms with E-state index in [1.54, 1.807) is 6.92 Å². The minimum Gasteiger partial charge on any atom is -0.480 e. The number of hydrogen-bond donors (Lipinski definition) is 2. The lowest BCUT2D eigenvalue weighted by Crippen LogP contribution is -2.49. The average molecular weight is 275 g/mol. The Labute approximate surface area is 116 Å². The maximum Gasteiger partial charge on any atom is 0.323 e. The van der Waals surface area contributed by atoms with Crippen molar-refractivity contribution in [3.63, 3.8) is 0 Å². The van der Waals surface area contributed by atoms with Gasteiger partial charge in [-0.15, -0.1) is 0 Å². The second-order valence-corrected chi connectivity index (χ2v) is 4.83. The average Bonchev–Trinajstić information content (AvgIpc) is 2.39. The smallest absolute Gasteiger partial charge is 0.323 e. The molecule has 0 amide bonds. The summed E-state index contributed by atoms with van der Waals surface area (Å²) in [6, 6.07) is 0. The van der Waals surface area contributed by atoms with Crippen LogP contribution < -0.4 is 5.32 Å². The minimum absolute atomic E-state index is 0.609. The third kappa shape index (κ3) is 8.97. The molecule has 0 radical (unpaired) electrons. The summed E-state index contributed by atoms with van der Waals surface area (Å²) >= 11 is 0. The summed E-state index contributed by atoms with van der Waals surface area (Å²) in [6.07, 6.45) is 3.28. The Bertz CT molecular complexity index is 235. The van der Waals surface area contributed by atoms with E-state index >= 15 is 0 Å². The standard InChI is InChI=1S/C14H29NO4/c1-4-9-15-14(3,13(16)17)8-6-7-10-19-12-11-18-5-2/h15H,4-12H2,1-3H3,(H,16,17). The van der Waals surface area contributed by atoms with Crippen molar-refractivity contribution in [2.75, 3.05) is 33.0 Å². The molecular weight excluding hydrogens is 246 g/mol. The molecule has 5 nitrogen and oxygen atoms in total. The van der Waals surface area contributed by atoms with E-state index < -0.39 is 11.5 Å². The van der Waals surface area contributed by atoms with Crippen LogP contribution in [0.1, 0.15) is 46.5 Å². The molecule has 0 aromatic carbocycles. The molecule has 0 aromatic rings. The normalized spacial score (nSPS) is 14.3. The molecular formula is C14H29NO4. The predicted molar refractivity (Wildman–Crippen MR) is 75.5 cm³/mol. The lowest BCUT2D eigenvalue weighted by molar-refractivity contribution is -0.144. The van der Waals surface area contributed by atoms with E-state index in [4.69, 9.17) is 9.47 Å². The van der Waals surface area contributed by atoms with Crippen LogP contribution in [0.5, 0.6) is 0 Å². The molecule has 0 fully saturated rings. The number of aliphatic carboxylic acids is 1. The topological polar surface area (TPSA) is 67.8 Å². The summed E-state index contributed by atoms with van der Waals surface area (Å²) in [7, 11) is 0. The summed E-state index contributed by atoms with van der Waals surface area (Å²) in [5, 5.41) is 12.4. The van der Waals surface area contributed by atoms with Crippen LogP contribution in [0.3, 0.4) is 0 Å². The fraction of sp³-hybridized carbons (Fsp3) is 0.929. The number of carboxylic acid groups (broad SMARTS) is 1. The lowest BCUT2D eigenvalue weighted by Gasteiger charge is -2.26. The van der Waals surface area contributed by atoms with Crippen LogP contribution in [-0.4, -0.2) is 49.6 Å². The van der Waals surface area contributed by atoms with Gasteiger partial charge in [0.05, 0.1) is 13.2 Å². The van der Waals surface area contributed by atoms with Gasteiger partial charge in [0, 0.05) is 13.2 Å². The third-order valence-electron chi connectivity index (χ3n) is 3.03. The van der Waals surface area contributed by atoms with E-state index in [0.29, 0.717) is 32.8 Å². The van der Waals surface area contributed by atoms with Gasteiger partial charge in [0.2, 0.25) is 0 Å². The van der Waals surface area contributed by atoms with Crippen LogP contribution in [0.25, 0.3) is 0 Å². The highest BCUT2D eigenvalue weighted by Gasteiger charge is 2.31. The fourth-order valence-electron chi connectivity index (χ4n) is 1.72. The minimum atomic E-state index is -0.818. The molecule has 0 heterocycles. The van der Waals surface area contributed by atoms with Gasteiger partial charge in [-0.3, -0.25) is 4.79 Å². The molecule has 0 aromatic heterocycles. The van der Waals surface area contributed by atoms with Crippen molar-refractivity contribution in [1.82, 2.24) is 5.32 Å². The van der Waals surface area contributed by atoms with Gasteiger partial charge < -0.3 is 19.9 Å². The zero-order chi connectivity index (χ0) is 14.6. The Morgan fingerprint density at radius 1 is 1.16 bits per heavy atom. The molecule has 2 N–H and O–H groups in total. The second kappa shape index (κ2) is 11.2. The highest BCUT2D eigenvalue weighted by atomic mass is 16.5. The Kier molecular flexibility index (Phi) is 10.8. The van der Waals surface area contributed by atoms with Crippen molar-refractivity contribution in [3.8, 4) is 0 Å². The van der Waals surface area contributed by atoms with Crippen LogP contribution in [0, 0.1) is 0 Å². The summed E-state index contributed by atoms with van der Waals surface area (Å²) < 4.78 is 10.6. The molecule has 1 unspecified atom stereocenters. The summed E-state index contributed by atoms with van der Waals surface area (Å²) in [6.45, 7) is 9.08. The fourth-order valence-corrected chi connectivity index (χ4v) is 1.72. The zero-order valence-electron chi connectivity index (χ0n) is 12.5. The SMILES string of the molecule is CCCNC(C)(CCCCOCCOCC)C(=O)O. The van der Waals surface area contributed by atoms with Gasteiger partial charge in [-0.25, -0.2) is 0 Å². The van der Waals surface area contributed by atoms with E-state index in [1.165, 1.54) is 0 Å². The lowest BCUT2D eigenvalue weighted by atomic mass is 9.95. The van der Waals surface area contributed by atoms with Gasteiger partial charge >= 0.3 is 5.97 Å². The molecule has 0 spiro atoms. The number of ether oxygens (including phenoxy) is 2. The van der Waals surface area contributed by atoms with Gasteiger partial charge in [-0.2, -0.15) is 0 Å². The van der Waals surface area contributed by atoms with Crippen LogP contribution in [0.4, 0.5) is 0 Å². The Balaban J connectivity index is 3.67. The molecule has 0 aliphatic carbocycles. The van der Waals surface area contributed by atoms with Gasteiger partial charge in [-0.05, 0) is 46.1 Å². The molecule has 19 heavy (non-hydrogen) atoms. The monoisotopic (exact) mass is 275 g/mol. The third-order valence-corrected chi connectivity index (χ3v) is 3.03. The Hall–Kier alpha value is -0.650. The first-order valence-electron chi connectivity index (χ1n) is 7.20. The van der Waals surface area contributed by atoms with Crippen molar-refractivity contribution < 1.29 is 19.4 Å². The van der Waals surface area contributed by atoms with Crippen LogP contribution in [-0.2, 0) is 14.3 Å². The Morgan fingerprint density at radius 2 is 1.84 bits per heavy atom. The molecule has 0 saturated heterocycles. The van der Waals surface area contributed by atoms with Crippen molar-refractivity contribution >= 4 is 5.97 Å². The van der Waals surface area contributed by atoms with Gasteiger partial charge in [-0.1, -0.05) is 6.92 Å². The maximum absolute atomic E-state index is 11.3. The molecule has 5 heteroatoms. The van der Waals surface area contributed by atoms with Crippen molar-refractivity contribution in [3.05, 3.63) is 0 Å². The Morgan fingerprint density at radius 3 is 2.42 bits per heavy atom. The molecule has 1 atom stereocenters. The van der Waals surface area contributed by atoms with E-state index in [0.717, 1.165) is 25.8 Å². The van der Waals surface area contributed by atoms with E-state index in [9.17, 15) is 9.90 Å². The first-order valence-corrected chi connectivity index (χ1v) is 7.20. The highest BCUT2D eigenvalue weighted by molar-refractivity contribution is 5.78. The van der Waals surface area contributed by atoms with Crippen molar-refractivity contribution in [2.45, 2.75) is 52.0 Å². The van der Waals surface area contributed by atoms with Crippen LogP contribution in [0.2, 0.25) is 0 Å². The van der Waals surface area contributed by atoms with Crippen LogP contribution >= 0.6 is 0 Å². The second-order valence-electron chi connectivity index (χ2n) is 4.83. The molecule has 0 aliphatic rings. The quantitative estimate of drug-likeness (QED) is 0.504. The molecule has 0 saturated carbocycles. The summed E-state index contributed by atoms with van der Waals surface area (Å²) in [5.41, 5.74) is -0.818.